The van der Waals surface area contributed by atoms with Crippen molar-refractivity contribution in [2.75, 3.05) is 18.0 Å². The van der Waals surface area contributed by atoms with E-state index in [0.29, 0.717) is 0 Å². The molecule has 17 heavy (non-hydrogen) atoms. The van der Waals surface area contributed by atoms with Gasteiger partial charge in [0, 0.05) is 25.5 Å². The van der Waals surface area contributed by atoms with Gasteiger partial charge < -0.3 is 10.0 Å². The van der Waals surface area contributed by atoms with Crippen LogP contribution < -0.4 is 4.90 Å². The Balaban J connectivity index is 1.92. The Bertz CT molecular complexity index is 525. The fourth-order valence-electron chi connectivity index (χ4n) is 2.17. The first-order valence-electron chi connectivity index (χ1n) is 5.77. The van der Waals surface area contributed by atoms with Gasteiger partial charge in [-0.3, -0.25) is 4.40 Å². The summed E-state index contributed by atoms with van der Waals surface area (Å²) in [5.74, 6) is 0.848. The molecule has 2 aromatic heterocycles. The highest BCUT2D eigenvalue weighted by atomic mass is 16.3. The van der Waals surface area contributed by atoms with E-state index in [2.05, 4.69) is 20.1 Å². The van der Waals surface area contributed by atoms with Crippen LogP contribution in [-0.2, 0) is 0 Å². The number of fused-ring (bicyclic) bond motifs is 1. The van der Waals surface area contributed by atoms with Crippen molar-refractivity contribution < 1.29 is 5.11 Å². The van der Waals surface area contributed by atoms with Crippen LogP contribution >= 0.6 is 0 Å². The molecule has 0 bridgehead atoms. The normalized spacial score (nSPS) is 19.8. The lowest BCUT2D eigenvalue weighted by molar-refractivity contribution is 0.0350. The quantitative estimate of drug-likeness (QED) is 0.775. The Morgan fingerprint density at radius 1 is 1.35 bits per heavy atom. The fraction of sp³-hybridized carbons (Fsp3) is 0.545. The third kappa shape index (κ3) is 1.84. The van der Waals surface area contributed by atoms with E-state index in [0.717, 1.165) is 37.4 Å². The number of aliphatic hydroxyl groups is 1. The second-order valence-corrected chi connectivity index (χ2v) is 4.80. The van der Waals surface area contributed by atoms with Crippen LogP contribution in [0.1, 0.15) is 19.8 Å². The number of rotatable bonds is 1. The van der Waals surface area contributed by atoms with Crippen molar-refractivity contribution >= 4 is 11.5 Å². The zero-order chi connectivity index (χ0) is 11.9. The van der Waals surface area contributed by atoms with Crippen molar-refractivity contribution in [2.45, 2.75) is 25.4 Å². The summed E-state index contributed by atoms with van der Waals surface area (Å²) >= 11 is 0. The fourth-order valence-corrected chi connectivity index (χ4v) is 2.17. The van der Waals surface area contributed by atoms with E-state index in [4.69, 9.17) is 0 Å². The van der Waals surface area contributed by atoms with Crippen LogP contribution in [0.2, 0.25) is 0 Å². The average Bonchev–Trinajstić information content (AvgIpc) is 2.77. The molecule has 0 atom stereocenters. The minimum absolute atomic E-state index is 0.546. The molecule has 0 unspecified atom stereocenters. The lowest BCUT2D eigenvalue weighted by atomic mass is 9.94. The number of piperidine rings is 1. The zero-order valence-electron chi connectivity index (χ0n) is 9.74. The number of anilines is 1. The molecule has 1 aliphatic heterocycles. The molecule has 1 saturated heterocycles. The van der Waals surface area contributed by atoms with Crippen LogP contribution in [-0.4, -0.2) is 43.4 Å². The van der Waals surface area contributed by atoms with Gasteiger partial charge in [-0.2, -0.15) is 0 Å². The Labute approximate surface area is 98.9 Å². The van der Waals surface area contributed by atoms with E-state index < -0.39 is 5.60 Å². The van der Waals surface area contributed by atoms with Gasteiger partial charge in [-0.25, -0.2) is 4.98 Å². The molecule has 0 amide bonds. The van der Waals surface area contributed by atoms with Crippen molar-refractivity contribution in [3.8, 4) is 0 Å². The summed E-state index contributed by atoms with van der Waals surface area (Å²) in [6, 6.07) is 0. The average molecular weight is 233 g/mol. The zero-order valence-corrected chi connectivity index (χ0v) is 9.74. The summed E-state index contributed by atoms with van der Waals surface area (Å²) in [6.45, 7) is 3.48. The van der Waals surface area contributed by atoms with E-state index in [1.54, 1.807) is 12.5 Å². The third-order valence-electron chi connectivity index (χ3n) is 3.34. The van der Waals surface area contributed by atoms with E-state index in [1.165, 1.54) is 0 Å². The predicted molar refractivity (Wildman–Crippen MR) is 62.9 cm³/mol. The van der Waals surface area contributed by atoms with Gasteiger partial charge in [0.1, 0.15) is 6.33 Å². The first-order valence-corrected chi connectivity index (χ1v) is 5.77. The molecule has 0 aliphatic carbocycles. The molecule has 0 saturated carbocycles. The largest absolute Gasteiger partial charge is 0.390 e. The van der Waals surface area contributed by atoms with Crippen LogP contribution in [0.5, 0.6) is 0 Å². The standard InChI is InChI=1S/C11H15N5O/c1-11(17)2-5-15(6-3-11)9-10-14-13-8-16(10)7-4-12-9/h4,7-8,17H,2-3,5-6H2,1H3. The van der Waals surface area contributed by atoms with Gasteiger partial charge in [0.15, 0.2) is 5.82 Å². The molecule has 1 N–H and O–H groups in total. The number of hydrogen-bond acceptors (Lipinski definition) is 5. The first kappa shape index (κ1) is 10.5. The Morgan fingerprint density at radius 3 is 2.88 bits per heavy atom. The van der Waals surface area contributed by atoms with Crippen LogP contribution in [0.4, 0.5) is 5.82 Å². The SMILES string of the molecule is CC1(O)CCN(c2nccn3cnnc23)CC1. The second kappa shape index (κ2) is 3.66. The van der Waals surface area contributed by atoms with Gasteiger partial charge >= 0.3 is 0 Å². The Kier molecular flexibility index (Phi) is 2.25. The summed E-state index contributed by atoms with van der Waals surface area (Å²) in [5.41, 5.74) is 0.226. The molecule has 90 valence electrons. The summed E-state index contributed by atoms with van der Waals surface area (Å²) in [4.78, 5) is 6.53. The lowest BCUT2D eigenvalue weighted by Gasteiger charge is -2.36. The molecule has 1 aliphatic rings. The molecular formula is C11H15N5O. The highest BCUT2D eigenvalue weighted by Crippen LogP contribution is 2.26. The Morgan fingerprint density at radius 2 is 2.12 bits per heavy atom. The molecule has 6 heteroatoms. The van der Waals surface area contributed by atoms with Gasteiger partial charge in [-0.05, 0) is 19.8 Å². The predicted octanol–water partition coefficient (Wildman–Crippen LogP) is 0.476. The third-order valence-corrected chi connectivity index (χ3v) is 3.34. The van der Waals surface area contributed by atoms with Crippen LogP contribution in [0.25, 0.3) is 5.65 Å². The highest BCUT2D eigenvalue weighted by molar-refractivity contribution is 5.63. The van der Waals surface area contributed by atoms with E-state index in [1.807, 2.05) is 17.5 Å². The Hall–Kier alpha value is -1.69. The summed E-state index contributed by atoms with van der Waals surface area (Å²) in [7, 11) is 0. The maximum absolute atomic E-state index is 9.93. The van der Waals surface area contributed by atoms with E-state index in [-0.39, 0.29) is 0 Å². The van der Waals surface area contributed by atoms with Gasteiger partial charge in [0.25, 0.3) is 0 Å². The van der Waals surface area contributed by atoms with Crippen molar-refractivity contribution in [1.29, 1.82) is 0 Å². The molecule has 3 rings (SSSR count). The second-order valence-electron chi connectivity index (χ2n) is 4.80. The number of aromatic nitrogens is 4. The molecule has 3 heterocycles. The van der Waals surface area contributed by atoms with Crippen LogP contribution in [0.3, 0.4) is 0 Å². The number of nitrogens with zero attached hydrogens (tertiary/aromatic N) is 5. The maximum Gasteiger partial charge on any atom is 0.203 e. The molecule has 2 aromatic rings. The minimum atomic E-state index is -0.546. The summed E-state index contributed by atoms with van der Waals surface area (Å²) in [5, 5.41) is 17.9. The lowest BCUT2D eigenvalue weighted by Crippen LogP contribution is -2.43. The van der Waals surface area contributed by atoms with Crippen molar-refractivity contribution in [2.24, 2.45) is 0 Å². The summed E-state index contributed by atoms with van der Waals surface area (Å²) < 4.78 is 1.86. The van der Waals surface area contributed by atoms with Crippen molar-refractivity contribution in [1.82, 2.24) is 19.6 Å². The number of hydrogen-bond donors (Lipinski definition) is 1. The van der Waals surface area contributed by atoms with Gasteiger partial charge in [-0.1, -0.05) is 0 Å². The topological polar surface area (TPSA) is 66.5 Å². The molecular weight excluding hydrogens is 218 g/mol. The minimum Gasteiger partial charge on any atom is -0.390 e. The van der Waals surface area contributed by atoms with Gasteiger partial charge in [0.2, 0.25) is 5.65 Å². The molecule has 0 spiro atoms. The maximum atomic E-state index is 9.93. The van der Waals surface area contributed by atoms with E-state index in [9.17, 15) is 5.11 Å². The summed E-state index contributed by atoms with van der Waals surface area (Å²) in [6.07, 6.45) is 6.76. The molecule has 1 fully saturated rings. The monoisotopic (exact) mass is 233 g/mol. The highest BCUT2D eigenvalue weighted by Gasteiger charge is 2.28. The smallest absolute Gasteiger partial charge is 0.203 e. The molecule has 0 radical (unpaired) electrons. The van der Waals surface area contributed by atoms with Crippen molar-refractivity contribution in [3.05, 3.63) is 18.7 Å². The van der Waals surface area contributed by atoms with Crippen LogP contribution in [0.15, 0.2) is 18.7 Å². The van der Waals surface area contributed by atoms with E-state index >= 15 is 0 Å². The molecule has 6 nitrogen and oxygen atoms in total. The molecule has 0 aromatic carbocycles. The first-order chi connectivity index (χ1) is 8.16. The van der Waals surface area contributed by atoms with Gasteiger partial charge in [-0.15, -0.1) is 10.2 Å². The van der Waals surface area contributed by atoms with Crippen molar-refractivity contribution in [3.63, 3.8) is 0 Å². The van der Waals surface area contributed by atoms with Crippen LogP contribution in [0, 0.1) is 0 Å². The van der Waals surface area contributed by atoms with Gasteiger partial charge in [0.05, 0.1) is 5.60 Å².